The van der Waals surface area contributed by atoms with E-state index >= 15 is 0 Å². The summed E-state index contributed by atoms with van der Waals surface area (Å²) < 4.78 is 0. The molecule has 0 aromatic heterocycles. The zero-order valence-electron chi connectivity index (χ0n) is 7.97. The normalized spacial score (nSPS) is 9.17. The molecule has 0 amide bonds. The van der Waals surface area contributed by atoms with E-state index in [1.807, 2.05) is 19.1 Å². The van der Waals surface area contributed by atoms with Gasteiger partial charge in [-0.25, -0.2) is 0 Å². The minimum Gasteiger partial charge on any atom is -0.329 e. The number of nitrogens with two attached hydrogens (primary N) is 1. The second-order valence-electron chi connectivity index (χ2n) is 2.12. The average molecular weight is 168 g/mol. The van der Waals surface area contributed by atoms with E-state index in [1.54, 1.807) is 0 Å². The highest BCUT2D eigenvalue weighted by Gasteiger charge is 1.85. The molecule has 0 fully saturated rings. The van der Waals surface area contributed by atoms with Crippen LogP contribution in [0.2, 0.25) is 0 Å². The lowest BCUT2D eigenvalue weighted by Crippen LogP contribution is -2.23. The van der Waals surface area contributed by atoms with Crippen molar-refractivity contribution in [2.45, 2.75) is 6.92 Å². The lowest BCUT2D eigenvalue weighted by atomic mass is 10.3. The van der Waals surface area contributed by atoms with Crippen molar-refractivity contribution in [1.82, 2.24) is 5.32 Å². The molecule has 0 aromatic rings. The number of hydrogen-bond acceptors (Lipinski definition) is 2. The van der Waals surface area contributed by atoms with Gasteiger partial charge in [-0.15, -0.1) is 13.2 Å². The minimum atomic E-state index is 0.684. The van der Waals surface area contributed by atoms with Gasteiger partial charge in [0.05, 0.1) is 0 Å². The molecule has 2 heteroatoms. The van der Waals surface area contributed by atoms with Crippen LogP contribution in [0.3, 0.4) is 0 Å². The molecule has 0 aliphatic heterocycles. The van der Waals surface area contributed by atoms with E-state index in [1.165, 1.54) is 0 Å². The van der Waals surface area contributed by atoms with Crippen LogP contribution in [0.1, 0.15) is 6.92 Å². The van der Waals surface area contributed by atoms with Crippen molar-refractivity contribution < 1.29 is 0 Å². The summed E-state index contributed by atoms with van der Waals surface area (Å²) in [6.45, 7) is 14.2. The van der Waals surface area contributed by atoms with E-state index < -0.39 is 0 Å². The Morgan fingerprint density at radius 1 is 1.50 bits per heavy atom. The molecule has 3 N–H and O–H groups in total. The number of rotatable bonds is 5. The van der Waals surface area contributed by atoms with Crippen LogP contribution in [0.25, 0.3) is 0 Å². The van der Waals surface area contributed by atoms with Crippen LogP contribution in [-0.4, -0.2) is 19.6 Å². The van der Waals surface area contributed by atoms with Crippen molar-refractivity contribution in [1.29, 1.82) is 0 Å². The molecule has 0 atom stereocenters. The fourth-order valence-corrected chi connectivity index (χ4v) is 0.646. The molecular weight excluding hydrogens is 148 g/mol. The Balaban J connectivity index is 0. The lowest BCUT2D eigenvalue weighted by molar-refractivity contribution is 0.744. The van der Waals surface area contributed by atoms with Crippen LogP contribution < -0.4 is 11.1 Å². The highest BCUT2D eigenvalue weighted by Crippen LogP contribution is 1.88. The molecular formula is C10H20N2. The van der Waals surface area contributed by atoms with E-state index in [2.05, 4.69) is 25.1 Å². The topological polar surface area (TPSA) is 38.0 Å². The van der Waals surface area contributed by atoms with Crippen molar-refractivity contribution in [2.75, 3.05) is 19.6 Å². The monoisotopic (exact) mass is 168 g/mol. The van der Waals surface area contributed by atoms with E-state index in [0.29, 0.717) is 6.54 Å². The molecule has 12 heavy (non-hydrogen) atoms. The van der Waals surface area contributed by atoms with E-state index in [0.717, 1.165) is 18.7 Å². The summed E-state index contributed by atoms with van der Waals surface area (Å²) in [6.07, 6.45) is 3.97. The first-order valence-corrected chi connectivity index (χ1v) is 4.02. The van der Waals surface area contributed by atoms with Crippen molar-refractivity contribution in [2.24, 2.45) is 5.73 Å². The summed E-state index contributed by atoms with van der Waals surface area (Å²) >= 11 is 0. The number of hydrogen-bond donors (Lipinski definition) is 2. The quantitative estimate of drug-likeness (QED) is 0.370. The Morgan fingerprint density at radius 3 is 2.50 bits per heavy atom. The fraction of sp³-hybridized carbons (Fsp3) is 0.400. The maximum absolute atomic E-state index is 5.28. The van der Waals surface area contributed by atoms with E-state index in [9.17, 15) is 0 Å². The van der Waals surface area contributed by atoms with Crippen molar-refractivity contribution in [3.05, 3.63) is 37.5 Å². The number of allylic oxidation sites excluding steroid dienone is 1. The first-order chi connectivity index (χ1) is 5.81. The third-order valence-electron chi connectivity index (χ3n) is 1.08. The third kappa shape index (κ3) is 11.9. The van der Waals surface area contributed by atoms with Crippen LogP contribution >= 0.6 is 0 Å². The predicted octanol–water partition coefficient (Wildman–Crippen LogP) is 1.47. The smallest absolute Gasteiger partial charge is 0.0200 e. The van der Waals surface area contributed by atoms with Gasteiger partial charge in [0.1, 0.15) is 0 Å². The van der Waals surface area contributed by atoms with Crippen molar-refractivity contribution in [3.8, 4) is 0 Å². The van der Waals surface area contributed by atoms with Gasteiger partial charge in [0, 0.05) is 19.6 Å². The van der Waals surface area contributed by atoms with E-state index in [4.69, 9.17) is 5.73 Å². The highest BCUT2D eigenvalue weighted by molar-refractivity contribution is 5.14. The molecule has 0 aliphatic carbocycles. The van der Waals surface area contributed by atoms with Gasteiger partial charge in [0.25, 0.3) is 0 Å². The Hall–Kier alpha value is -0.860. The Bertz CT molecular complexity index is 128. The first kappa shape index (κ1) is 13.7. The second kappa shape index (κ2) is 12.8. The maximum atomic E-state index is 5.28. The Kier molecular flexibility index (Phi) is 14.6. The summed E-state index contributed by atoms with van der Waals surface area (Å²) in [5.41, 5.74) is 6.37. The molecule has 0 rings (SSSR count). The van der Waals surface area contributed by atoms with Gasteiger partial charge in [0.15, 0.2) is 0 Å². The maximum Gasteiger partial charge on any atom is 0.0200 e. The summed E-state index contributed by atoms with van der Waals surface area (Å²) in [4.78, 5) is 0. The summed E-state index contributed by atoms with van der Waals surface area (Å²) in [7, 11) is 0. The van der Waals surface area contributed by atoms with Crippen LogP contribution in [0, 0.1) is 0 Å². The largest absolute Gasteiger partial charge is 0.329 e. The van der Waals surface area contributed by atoms with Gasteiger partial charge in [-0.3, -0.25) is 0 Å². The molecule has 0 radical (unpaired) electrons. The zero-order chi connectivity index (χ0) is 9.82. The van der Waals surface area contributed by atoms with E-state index in [-0.39, 0.29) is 0 Å². The summed E-state index contributed by atoms with van der Waals surface area (Å²) in [5.74, 6) is 0. The van der Waals surface area contributed by atoms with Gasteiger partial charge < -0.3 is 11.1 Å². The SMILES string of the molecule is C=C.C=C(/C=C\C)CNCCN. The van der Waals surface area contributed by atoms with Gasteiger partial charge >= 0.3 is 0 Å². The molecule has 70 valence electrons. The molecule has 0 spiro atoms. The minimum absolute atomic E-state index is 0.684. The molecule has 0 bridgehead atoms. The van der Waals surface area contributed by atoms with Crippen molar-refractivity contribution in [3.63, 3.8) is 0 Å². The zero-order valence-corrected chi connectivity index (χ0v) is 7.97. The molecule has 0 saturated carbocycles. The molecule has 2 nitrogen and oxygen atoms in total. The highest BCUT2D eigenvalue weighted by atomic mass is 14.9. The molecule has 0 heterocycles. The van der Waals surface area contributed by atoms with Gasteiger partial charge in [0.2, 0.25) is 0 Å². The molecule has 0 saturated heterocycles. The average Bonchev–Trinajstić information content (AvgIpc) is 2.09. The van der Waals surface area contributed by atoms with Crippen molar-refractivity contribution >= 4 is 0 Å². The van der Waals surface area contributed by atoms with Crippen LogP contribution in [0.5, 0.6) is 0 Å². The molecule has 0 unspecified atom stereocenters. The lowest BCUT2D eigenvalue weighted by Gasteiger charge is -2.00. The third-order valence-corrected chi connectivity index (χ3v) is 1.08. The molecule has 0 aromatic carbocycles. The van der Waals surface area contributed by atoms with Gasteiger partial charge in [-0.05, 0) is 12.5 Å². The summed E-state index contributed by atoms with van der Waals surface area (Å²) in [6, 6.07) is 0. The fourth-order valence-electron chi connectivity index (χ4n) is 0.646. The first-order valence-electron chi connectivity index (χ1n) is 4.02. The predicted molar refractivity (Wildman–Crippen MR) is 57.1 cm³/mol. The van der Waals surface area contributed by atoms with Gasteiger partial charge in [-0.1, -0.05) is 18.7 Å². The number of nitrogens with one attached hydrogen (secondary N) is 1. The standard InChI is InChI=1S/C8H16N2.C2H4/c1-3-4-8(2)7-10-6-5-9;1-2/h3-4,10H,2,5-7,9H2,1H3;1-2H2/b4-3-;. The second-order valence-corrected chi connectivity index (χ2v) is 2.12. The Morgan fingerprint density at radius 2 is 2.08 bits per heavy atom. The van der Waals surface area contributed by atoms with Crippen LogP contribution in [0.15, 0.2) is 37.5 Å². The Labute approximate surface area is 75.9 Å². The van der Waals surface area contributed by atoms with Crippen LogP contribution in [0.4, 0.5) is 0 Å². The van der Waals surface area contributed by atoms with Crippen LogP contribution in [-0.2, 0) is 0 Å². The summed E-state index contributed by atoms with van der Waals surface area (Å²) in [5, 5.41) is 3.14. The molecule has 0 aliphatic rings. The van der Waals surface area contributed by atoms with Gasteiger partial charge in [-0.2, -0.15) is 0 Å².